The van der Waals surface area contributed by atoms with Crippen LogP contribution in [0.15, 0.2) is 71.8 Å². The van der Waals surface area contributed by atoms with E-state index >= 15 is 0 Å². The molecule has 1 saturated heterocycles. The highest BCUT2D eigenvalue weighted by Crippen LogP contribution is 2.26. The number of halogens is 1. The lowest BCUT2D eigenvalue weighted by Crippen LogP contribution is -2.45. The molecule has 2 aromatic carbocycles. The Bertz CT molecular complexity index is 1260. The largest absolute Gasteiger partial charge is 0.353 e. The van der Waals surface area contributed by atoms with Gasteiger partial charge in [-0.1, -0.05) is 30.3 Å². The van der Waals surface area contributed by atoms with E-state index in [0.717, 1.165) is 30.8 Å². The average Bonchev–Trinajstić information content (AvgIpc) is 2.88. The van der Waals surface area contributed by atoms with E-state index in [-0.39, 0.29) is 16.5 Å². The second-order valence-corrected chi connectivity index (χ2v) is 9.88. The van der Waals surface area contributed by atoms with Gasteiger partial charge in [0, 0.05) is 39.3 Å². The predicted molar refractivity (Wildman–Crippen MR) is 133 cm³/mol. The summed E-state index contributed by atoms with van der Waals surface area (Å²) in [6, 6.07) is 15.7. The van der Waals surface area contributed by atoms with Crippen molar-refractivity contribution in [3.8, 4) is 0 Å². The van der Waals surface area contributed by atoms with Crippen molar-refractivity contribution in [3.05, 3.63) is 83.8 Å². The number of carbonyl (C=O) groups excluding carboxylic acids is 1. The van der Waals surface area contributed by atoms with Crippen molar-refractivity contribution in [1.82, 2.24) is 15.2 Å². The zero-order valence-corrected chi connectivity index (χ0v) is 20.3. The van der Waals surface area contributed by atoms with Crippen molar-refractivity contribution < 1.29 is 17.6 Å². The summed E-state index contributed by atoms with van der Waals surface area (Å²) in [5.41, 5.74) is 1.48. The molecule has 4 rings (SSSR count). The van der Waals surface area contributed by atoms with Gasteiger partial charge in [-0.05, 0) is 42.8 Å². The number of amides is 1. The van der Waals surface area contributed by atoms with Gasteiger partial charge in [-0.2, -0.15) is 0 Å². The summed E-state index contributed by atoms with van der Waals surface area (Å²) in [4.78, 5) is 21.8. The van der Waals surface area contributed by atoms with Gasteiger partial charge in [0.1, 0.15) is 11.6 Å². The lowest BCUT2D eigenvalue weighted by molar-refractivity contribution is 0.0752. The molecule has 1 aliphatic heterocycles. The molecule has 0 spiro atoms. The Hall–Kier alpha value is -3.50. The maximum absolute atomic E-state index is 13.7. The first-order valence-corrected chi connectivity index (χ1v) is 12.9. The number of aromatic nitrogens is 1. The van der Waals surface area contributed by atoms with Crippen LogP contribution in [0.2, 0.25) is 0 Å². The summed E-state index contributed by atoms with van der Waals surface area (Å²) in [5.74, 6) is -0.245. The Balaban J connectivity index is 1.67. The minimum atomic E-state index is -3.99. The molecular weight excluding hydrogens is 469 g/mol. The van der Waals surface area contributed by atoms with Gasteiger partial charge in [-0.3, -0.25) is 9.52 Å². The highest BCUT2D eigenvalue weighted by atomic mass is 32.2. The lowest BCUT2D eigenvalue weighted by atomic mass is 10.1. The first kappa shape index (κ1) is 24.6. The summed E-state index contributed by atoms with van der Waals surface area (Å²) in [6.07, 6.45) is 1.41. The van der Waals surface area contributed by atoms with E-state index in [1.54, 1.807) is 4.90 Å². The Morgan fingerprint density at radius 1 is 1.11 bits per heavy atom. The van der Waals surface area contributed by atoms with Crippen LogP contribution in [0.4, 0.5) is 15.9 Å². The maximum atomic E-state index is 13.7. The minimum absolute atomic E-state index is 0.0859. The van der Waals surface area contributed by atoms with Crippen LogP contribution in [-0.2, 0) is 16.6 Å². The minimum Gasteiger partial charge on any atom is -0.353 e. The molecule has 0 radical (unpaired) electrons. The van der Waals surface area contributed by atoms with E-state index in [2.05, 4.69) is 15.0 Å². The zero-order chi connectivity index (χ0) is 24.8. The van der Waals surface area contributed by atoms with Crippen molar-refractivity contribution in [2.75, 3.05) is 42.3 Å². The van der Waals surface area contributed by atoms with Crippen molar-refractivity contribution in [3.63, 3.8) is 0 Å². The quantitative estimate of drug-likeness (QED) is 0.497. The summed E-state index contributed by atoms with van der Waals surface area (Å²) >= 11 is 0. The Morgan fingerprint density at radius 3 is 2.46 bits per heavy atom. The smallest absolute Gasteiger partial charge is 0.261 e. The Labute approximate surface area is 204 Å². The highest BCUT2D eigenvalue weighted by molar-refractivity contribution is 7.92. The van der Waals surface area contributed by atoms with E-state index < -0.39 is 15.8 Å². The molecular formula is C25H28FN5O3S. The molecule has 0 saturated carbocycles. The van der Waals surface area contributed by atoms with Crippen molar-refractivity contribution in [2.24, 2.45) is 0 Å². The van der Waals surface area contributed by atoms with E-state index in [1.807, 2.05) is 42.2 Å². The summed E-state index contributed by atoms with van der Waals surface area (Å²) in [7, 11) is -3.99. The highest BCUT2D eigenvalue weighted by Gasteiger charge is 2.25. The third kappa shape index (κ3) is 5.95. The first-order valence-electron chi connectivity index (χ1n) is 11.4. The molecule has 35 heavy (non-hydrogen) atoms. The zero-order valence-electron chi connectivity index (χ0n) is 19.4. The number of nitrogens with zero attached hydrogens (tertiary/aromatic N) is 3. The fourth-order valence-corrected chi connectivity index (χ4v) is 4.96. The van der Waals surface area contributed by atoms with Gasteiger partial charge in [0.25, 0.3) is 15.9 Å². The van der Waals surface area contributed by atoms with Gasteiger partial charge in [-0.15, -0.1) is 0 Å². The Morgan fingerprint density at radius 2 is 1.80 bits per heavy atom. The molecule has 2 N–H and O–H groups in total. The average molecular weight is 498 g/mol. The van der Waals surface area contributed by atoms with Crippen LogP contribution >= 0.6 is 0 Å². The molecule has 2 heterocycles. The van der Waals surface area contributed by atoms with Crippen molar-refractivity contribution in [1.29, 1.82) is 0 Å². The molecule has 1 aromatic heterocycles. The van der Waals surface area contributed by atoms with Crippen LogP contribution in [0.1, 0.15) is 22.8 Å². The number of pyridine rings is 1. The molecule has 1 fully saturated rings. The molecule has 1 amide bonds. The summed E-state index contributed by atoms with van der Waals surface area (Å²) in [6.45, 7) is 5.67. The molecule has 8 nitrogen and oxygen atoms in total. The molecule has 184 valence electrons. The number of piperazine rings is 1. The molecule has 0 aliphatic carbocycles. The fourth-order valence-electron chi connectivity index (χ4n) is 3.93. The van der Waals surface area contributed by atoms with E-state index in [1.165, 1.54) is 24.4 Å². The van der Waals surface area contributed by atoms with Gasteiger partial charge in [0.2, 0.25) is 0 Å². The Kier molecular flexibility index (Phi) is 7.62. The second kappa shape index (κ2) is 10.8. The van der Waals surface area contributed by atoms with E-state index in [4.69, 9.17) is 0 Å². The number of rotatable bonds is 8. The van der Waals surface area contributed by atoms with Crippen molar-refractivity contribution in [2.45, 2.75) is 18.4 Å². The standard InChI is InChI=1S/C25H28FN5O3S/c1-2-30(18-19-6-4-3-5-7-19)25(32)23-16-21(17-28-24(23)31-14-12-27-13-15-31)29-35(33,34)22-10-8-20(26)9-11-22/h3-11,16-17,27,29H,2,12-15,18H2,1H3. The van der Waals surface area contributed by atoms with Crippen LogP contribution in [0.3, 0.4) is 0 Å². The van der Waals surface area contributed by atoms with Crippen LogP contribution in [0.5, 0.6) is 0 Å². The number of benzene rings is 2. The third-order valence-corrected chi connectivity index (χ3v) is 7.17. The van der Waals surface area contributed by atoms with Crippen LogP contribution in [0, 0.1) is 5.82 Å². The van der Waals surface area contributed by atoms with Crippen LogP contribution < -0.4 is 14.9 Å². The van der Waals surface area contributed by atoms with E-state index in [0.29, 0.717) is 37.6 Å². The molecule has 3 aromatic rings. The van der Waals surface area contributed by atoms with Gasteiger partial charge in [0.05, 0.1) is 22.3 Å². The molecule has 0 atom stereocenters. The first-order chi connectivity index (χ1) is 16.9. The fraction of sp³-hybridized carbons (Fsp3) is 0.280. The number of nitrogens with one attached hydrogen (secondary N) is 2. The number of hydrogen-bond acceptors (Lipinski definition) is 6. The second-order valence-electron chi connectivity index (χ2n) is 8.20. The normalized spacial score (nSPS) is 13.9. The molecule has 1 aliphatic rings. The number of carbonyl (C=O) groups is 1. The number of sulfonamides is 1. The summed E-state index contributed by atoms with van der Waals surface area (Å²) in [5, 5.41) is 3.28. The molecule has 0 bridgehead atoms. The van der Waals surface area contributed by atoms with Crippen LogP contribution in [-0.4, -0.2) is 56.9 Å². The molecule has 10 heteroatoms. The van der Waals surface area contributed by atoms with Gasteiger partial charge in [0.15, 0.2) is 0 Å². The van der Waals surface area contributed by atoms with E-state index in [9.17, 15) is 17.6 Å². The lowest BCUT2D eigenvalue weighted by Gasteiger charge is -2.31. The number of anilines is 2. The van der Waals surface area contributed by atoms with Crippen LogP contribution in [0.25, 0.3) is 0 Å². The van der Waals surface area contributed by atoms with Gasteiger partial charge in [-0.25, -0.2) is 17.8 Å². The predicted octanol–water partition coefficient (Wildman–Crippen LogP) is 3.09. The topological polar surface area (TPSA) is 94.6 Å². The van der Waals surface area contributed by atoms with Gasteiger partial charge < -0.3 is 15.1 Å². The monoisotopic (exact) mass is 497 g/mol. The van der Waals surface area contributed by atoms with Crippen molar-refractivity contribution >= 4 is 27.4 Å². The third-order valence-electron chi connectivity index (χ3n) is 5.77. The SMILES string of the molecule is CCN(Cc1ccccc1)C(=O)c1cc(NS(=O)(=O)c2ccc(F)cc2)cnc1N1CCNCC1. The number of hydrogen-bond donors (Lipinski definition) is 2. The summed E-state index contributed by atoms with van der Waals surface area (Å²) < 4.78 is 41.4. The maximum Gasteiger partial charge on any atom is 0.261 e. The molecule has 0 unspecified atom stereocenters. The van der Waals surface area contributed by atoms with Gasteiger partial charge >= 0.3 is 0 Å².